The topological polar surface area (TPSA) is 64.7 Å². The Morgan fingerprint density at radius 2 is 1.32 bits per heavy atom. The summed E-state index contributed by atoms with van der Waals surface area (Å²) in [5.74, 6) is -0.584. The second-order valence-corrected chi connectivity index (χ2v) is 8.16. The predicted molar refractivity (Wildman–Crippen MR) is 105 cm³/mol. The molecule has 1 saturated heterocycles. The van der Waals surface area contributed by atoms with Gasteiger partial charge >= 0.3 is 0 Å². The van der Waals surface area contributed by atoms with E-state index in [1.807, 2.05) is 13.8 Å². The first-order chi connectivity index (χ1) is 12.0. The first-order valence-corrected chi connectivity index (χ1v) is 10.7. The fraction of sp³-hybridized carbons (Fsp3) is 1.00. The van der Waals surface area contributed by atoms with Crippen LogP contribution in [0.4, 0.5) is 0 Å². The van der Waals surface area contributed by atoms with Crippen LogP contribution in [0.2, 0.25) is 0 Å². The van der Waals surface area contributed by atoms with E-state index in [1.165, 1.54) is 70.6 Å². The molecule has 1 heterocycles. The van der Waals surface area contributed by atoms with E-state index in [0.717, 1.165) is 12.8 Å². The first kappa shape index (κ1) is 22.9. The lowest BCUT2D eigenvalue weighted by Gasteiger charge is -2.21. The normalized spacial score (nSPS) is 23.9. The Hall–Kier alpha value is -0.160. The van der Waals surface area contributed by atoms with Gasteiger partial charge in [0.15, 0.2) is 5.79 Å². The van der Waals surface area contributed by atoms with Gasteiger partial charge in [0.2, 0.25) is 0 Å². The molecule has 1 aliphatic heterocycles. The SMILES string of the molecule is CCCCCCCCCCCCCC[C@@H]1OC(C)(C)O[C@H]1[C@H](N)CO. The van der Waals surface area contributed by atoms with Gasteiger partial charge in [-0.2, -0.15) is 0 Å². The average molecular weight is 358 g/mol. The average Bonchev–Trinajstić information content (AvgIpc) is 2.90. The molecule has 0 aromatic carbocycles. The molecule has 4 heteroatoms. The minimum absolute atomic E-state index is 0.0141. The van der Waals surface area contributed by atoms with Crippen molar-refractivity contribution in [3.8, 4) is 0 Å². The number of aliphatic hydroxyl groups excluding tert-OH is 1. The van der Waals surface area contributed by atoms with E-state index < -0.39 is 5.79 Å². The number of hydrogen-bond donors (Lipinski definition) is 2. The van der Waals surface area contributed by atoms with Gasteiger partial charge in [-0.1, -0.05) is 84.0 Å². The standard InChI is InChI=1S/C21H43NO3/c1-4-5-6-7-8-9-10-11-12-13-14-15-16-19-20(18(22)17-23)25-21(2,3)24-19/h18-20,23H,4-17,22H2,1-3H3/t18-,19+,20+/m1/s1. The maximum Gasteiger partial charge on any atom is 0.163 e. The van der Waals surface area contributed by atoms with E-state index in [2.05, 4.69) is 6.92 Å². The molecule has 3 atom stereocenters. The molecule has 150 valence electrons. The van der Waals surface area contributed by atoms with Gasteiger partial charge < -0.3 is 20.3 Å². The molecule has 0 aromatic rings. The maximum absolute atomic E-state index is 9.30. The lowest BCUT2D eigenvalue weighted by molar-refractivity contribution is -0.149. The van der Waals surface area contributed by atoms with Crippen LogP contribution in [0.3, 0.4) is 0 Å². The molecule has 1 rings (SSSR count). The summed E-state index contributed by atoms with van der Waals surface area (Å²) in [6.07, 6.45) is 17.0. The van der Waals surface area contributed by atoms with Gasteiger partial charge in [0, 0.05) is 0 Å². The molecule has 0 amide bonds. The Morgan fingerprint density at radius 1 is 0.840 bits per heavy atom. The number of rotatable bonds is 15. The molecular weight excluding hydrogens is 314 g/mol. The number of ether oxygens (including phenoxy) is 2. The van der Waals surface area contributed by atoms with Crippen LogP contribution >= 0.6 is 0 Å². The lowest BCUT2D eigenvalue weighted by atomic mass is 10.00. The van der Waals surface area contributed by atoms with E-state index in [9.17, 15) is 5.11 Å². The Morgan fingerprint density at radius 3 is 1.80 bits per heavy atom. The zero-order valence-corrected chi connectivity index (χ0v) is 17.0. The first-order valence-electron chi connectivity index (χ1n) is 10.7. The van der Waals surface area contributed by atoms with Crippen LogP contribution in [0.1, 0.15) is 104 Å². The van der Waals surface area contributed by atoms with E-state index >= 15 is 0 Å². The summed E-state index contributed by atoms with van der Waals surface area (Å²) in [6, 6.07) is -0.357. The van der Waals surface area contributed by atoms with Crippen molar-refractivity contribution in [3.63, 3.8) is 0 Å². The van der Waals surface area contributed by atoms with Crippen molar-refractivity contribution in [3.05, 3.63) is 0 Å². The Kier molecular flexibility index (Phi) is 12.0. The van der Waals surface area contributed by atoms with Crippen LogP contribution in [0, 0.1) is 0 Å². The lowest BCUT2D eigenvalue weighted by Crippen LogP contribution is -2.44. The van der Waals surface area contributed by atoms with E-state index in [-0.39, 0.29) is 24.9 Å². The minimum Gasteiger partial charge on any atom is -0.395 e. The van der Waals surface area contributed by atoms with Crippen molar-refractivity contribution in [2.24, 2.45) is 5.73 Å². The Bertz CT molecular complexity index is 322. The van der Waals surface area contributed by atoms with Gasteiger partial charge in [0.05, 0.1) is 18.8 Å². The third-order valence-corrected chi connectivity index (χ3v) is 5.20. The largest absolute Gasteiger partial charge is 0.395 e. The van der Waals surface area contributed by atoms with Crippen LogP contribution in [-0.2, 0) is 9.47 Å². The highest BCUT2D eigenvalue weighted by Gasteiger charge is 2.43. The second kappa shape index (κ2) is 13.1. The number of nitrogens with two attached hydrogens (primary N) is 1. The van der Waals surface area contributed by atoms with Gasteiger partial charge in [0.1, 0.15) is 6.10 Å². The molecular formula is C21H43NO3. The van der Waals surface area contributed by atoms with Crippen molar-refractivity contribution in [2.75, 3.05) is 6.61 Å². The number of hydrogen-bond acceptors (Lipinski definition) is 4. The summed E-state index contributed by atoms with van der Waals surface area (Å²) in [5.41, 5.74) is 5.97. The van der Waals surface area contributed by atoms with Crippen LogP contribution in [0.25, 0.3) is 0 Å². The van der Waals surface area contributed by atoms with Crippen LogP contribution in [0.5, 0.6) is 0 Å². The van der Waals surface area contributed by atoms with Crippen LogP contribution < -0.4 is 5.73 Å². The molecule has 25 heavy (non-hydrogen) atoms. The molecule has 4 nitrogen and oxygen atoms in total. The van der Waals surface area contributed by atoms with Gasteiger partial charge in [-0.05, 0) is 20.3 Å². The van der Waals surface area contributed by atoms with E-state index in [0.29, 0.717) is 0 Å². The summed E-state index contributed by atoms with van der Waals surface area (Å²) in [5, 5.41) is 9.30. The summed E-state index contributed by atoms with van der Waals surface area (Å²) in [4.78, 5) is 0. The van der Waals surface area contributed by atoms with E-state index in [1.54, 1.807) is 0 Å². The predicted octanol–water partition coefficient (Wildman–Crippen LogP) is 4.92. The Labute approximate surface area is 155 Å². The molecule has 3 N–H and O–H groups in total. The van der Waals surface area contributed by atoms with Crippen molar-refractivity contribution in [1.82, 2.24) is 0 Å². The van der Waals surface area contributed by atoms with Crippen molar-refractivity contribution < 1.29 is 14.6 Å². The van der Waals surface area contributed by atoms with Gasteiger partial charge in [-0.3, -0.25) is 0 Å². The van der Waals surface area contributed by atoms with Crippen molar-refractivity contribution >= 4 is 0 Å². The molecule has 0 aliphatic carbocycles. The van der Waals surface area contributed by atoms with Gasteiger partial charge in [0.25, 0.3) is 0 Å². The highest BCUT2D eigenvalue weighted by atomic mass is 16.8. The minimum atomic E-state index is -0.584. The summed E-state index contributed by atoms with van der Waals surface area (Å²) in [7, 11) is 0. The third kappa shape index (κ3) is 9.93. The molecule has 1 aliphatic rings. The highest BCUT2D eigenvalue weighted by Crippen LogP contribution is 2.32. The molecule has 0 bridgehead atoms. The summed E-state index contributed by atoms with van der Waals surface area (Å²) < 4.78 is 11.8. The van der Waals surface area contributed by atoms with Crippen LogP contribution in [0.15, 0.2) is 0 Å². The fourth-order valence-electron chi connectivity index (χ4n) is 3.74. The van der Waals surface area contributed by atoms with Gasteiger partial charge in [-0.15, -0.1) is 0 Å². The quantitative estimate of drug-likeness (QED) is 0.408. The molecule has 0 aromatic heterocycles. The highest BCUT2D eigenvalue weighted by molar-refractivity contribution is 4.88. The van der Waals surface area contributed by atoms with Gasteiger partial charge in [-0.25, -0.2) is 0 Å². The fourth-order valence-corrected chi connectivity index (χ4v) is 3.74. The third-order valence-electron chi connectivity index (χ3n) is 5.20. The molecule has 0 saturated carbocycles. The Balaban J connectivity index is 2.00. The number of aliphatic hydroxyl groups is 1. The number of unbranched alkanes of at least 4 members (excludes halogenated alkanes) is 11. The maximum atomic E-state index is 9.30. The smallest absolute Gasteiger partial charge is 0.163 e. The summed E-state index contributed by atoms with van der Waals surface area (Å²) >= 11 is 0. The van der Waals surface area contributed by atoms with Crippen molar-refractivity contribution in [2.45, 2.75) is 128 Å². The molecule has 0 unspecified atom stereocenters. The second-order valence-electron chi connectivity index (χ2n) is 8.16. The van der Waals surface area contributed by atoms with Crippen molar-refractivity contribution in [1.29, 1.82) is 0 Å². The molecule has 0 spiro atoms. The molecule has 1 fully saturated rings. The monoisotopic (exact) mass is 357 g/mol. The zero-order valence-electron chi connectivity index (χ0n) is 17.0. The summed E-state index contributed by atoms with van der Waals surface area (Å²) in [6.45, 7) is 6.06. The molecule has 0 radical (unpaired) electrons. The zero-order chi connectivity index (χ0) is 18.5. The van der Waals surface area contributed by atoms with Crippen LogP contribution in [-0.4, -0.2) is 35.8 Å². The van der Waals surface area contributed by atoms with E-state index in [4.69, 9.17) is 15.2 Å².